The predicted molar refractivity (Wildman–Crippen MR) is 79.9 cm³/mol. The molecule has 2 N–H and O–H groups in total. The number of rotatable bonds is 4. The lowest BCUT2D eigenvalue weighted by atomic mass is 9.85. The molecule has 1 aliphatic carbocycles. The van der Waals surface area contributed by atoms with E-state index >= 15 is 0 Å². The lowest BCUT2D eigenvalue weighted by Gasteiger charge is -2.23. The molecule has 1 aliphatic rings. The first-order valence-corrected chi connectivity index (χ1v) is 8.21. The summed E-state index contributed by atoms with van der Waals surface area (Å²) >= 11 is 2.86. The highest BCUT2D eigenvalue weighted by Gasteiger charge is 2.26. The molecule has 2 heterocycles. The van der Waals surface area contributed by atoms with Gasteiger partial charge in [-0.15, -0.1) is 22.7 Å². The molecule has 1 amide bonds. The molecular formula is C13H15N3O2S2. The van der Waals surface area contributed by atoms with Gasteiger partial charge in [0.2, 0.25) is 5.91 Å². The van der Waals surface area contributed by atoms with Gasteiger partial charge in [0.05, 0.1) is 22.9 Å². The van der Waals surface area contributed by atoms with Gasteiger partial charge < -0.3 is 10.4 Å². The van der Waals surface area contributed by atoms with Crippen LogP contribution in [-0.2, 0) is 11.4 Å². The van der Waals surface area contributed by atoms with Gasteiger partial charge in [-0.05, 0) is 19.8 Å². The van der Waals surface area contributed by atoms with Crippen molar-refractivity contribution >= 4 is 33.7 Å². The Balaban J connectivity index is 1.75. The van der Waals surface area contributed by atoms with E-state index in [-0.39, 0.29) is 18.4 Å². The summed E-state index contributed by atoms with van der Waals surface area (Å²) in [4.78, 5) is 21.5. The van der Waals surface area contributed by atoms with Gasteiger partial charge >= 0.3 is 0 Å². The summed E-state index contributed by atoms with van der Waals surface area (Å²) in [5, 5.41) is 15.2. The number of hydrogen-bond acceptors (Lipinski definition) is 6. The smallest absolute Gasteiger partial charge is 0.229 e. The van der Waals surface area contributed by atoms with E-state index in [0.29, 0.717) is 10.1 Å². The topological polar surface area (TPSA) is 75.1 Å². The van der Waals surface area contributed by atoms with E-state index < -0.39 is 0 Å². The Kier molecular flexibility index (Phi) is 3.82. The number of anilines is 1. The maximum atomic E-state index is 11.9. The molecule has 0 saturated heterocycles. The Morgan fingerprint density at radius 3 is 2.90 bits per heavy atom. The third-order valence-corrected chi connectivity index (χ3v) is 5.34. The quantitative estimate of drug-likeness (QED) is 0.910. The Morgan fingerprint density at radius 1 is 1.50 bits per heavy atom. The summed E-state index contributed by atoms with van der Waals surface area (Å²) in [6.45, 7) is 1.85. The fourth-order valence-corrected chi connectivity index (χ4v) is 3.74. The van der Waals surface area contributed by atoms with Crippen molar-refractivity contribution in [1.82, 2.24) is 9.97 Å². The number of aromatic nitrogens is 2. The van der Waals surface area contributed by atoms with Crippen molar-refractivity contribution in [1.29, 1.82) is 0 Å². The molecule has 106 valence electrons. The van der Waals surface area contributed by atoms with E-state index in [2.05, 4.69) is 15.3 Å². The van der Waals surface area contributed by atoms with Crippen LogP contribution in [0, 0.1) is 12.8 Å². The fraction of sp³-hybridized carbons (Fsp3) is 0.462. The predicted octanol–water partition coefficient (Wildman–Crippen LogP) is 2.81. The molecule has 0 bridgehead atoms. The maximum Gasteiger partial charge on any atom is 0.229 e. The van der Waals surface area contributed by atoms with E-state index in [9.17, 15) is 4.79 Å². The van der Waals surface area contributed by atoms with E-state index in [0.717, 1.165) is 35.5 Å². The molecular weight excluding hydrogens is 294 g/mol. The van der Waals surface area contributed by atoms with Crippen molar-refractivity contribution < 1.29 is 9.90 Å². The van der Waals surface area contributed by atoms with Crippen LogP contribution in [0.2, 0.25) is 0 Å². The molecule has 0 atom stereocenters. The van der Waals surface area contributed by atoms with Crippen LogP contribution in [0.15, 0.2) is 5.38 Å². The minimum atomic E-state index is -0.0546. The number of aliphatic hydroxyl groups is 1. The Morgan fingerprint density at radius 2 is 2.30 bits per heavy atom. The van der Waals surface area contributed by atoms with Gasteiger partial charge in [-0.25, -0.2) is 9.97 Å². The molecule has 0 aliphatic heterocycles. The first kappa shape index (κ1) is 13.7. The normalized spacial score (nSPS) is 15.1. The molecule has 7 heteroatoms. The molecule has 0 unspecified atom stereocenters. The fourth-order valence-electron chi connectivity index (χ4n) is 2.07. The SMILES string of the molecule is Cc1nc(CO)sc1-c1csc(NC(=O)C2CCC2)n1. The standard InChI is InChI=1S/C13H15N3O2S2/c1-7-11(20-10(5-17)14-7)9-6-19-13(15-9)16-12(18)8-3-2-4-8/h6,8,17H,2-5H2,1H3,(H,15,16,18). The third kappa shape index (κ3) is 2.61. The first-order chi connectivity index (χ1) is 9.67. The summed E-state index contributed by atoms with van der Waals surface area (Å²) in [5.74, 6) is 0.239. The summed E-state index contributed by atoms with van der Waals surface area (Å²) in [6, 6.07) is 0. The van der Waals surface area contributed by atoms with Gasteiger partial charge in [0.15, 0.2) is 5.13 Å². The lowest BCUT2D eigenvalue weighted by Crippen LogP contribution is -2.27. The molecule has 5 nitrogen and oxygen atoms in total. The van der Waals surface area contributed by atoms with Crippen LogP contribution in [0.3, 0.4) is 0 Å². The second-order valence-corrected chi connectivity index (χ2v) is 6.78. The molecule has 2 aromatic heterocycles. The molecule has 1 saturated carbocycles. The van der Waals surface area contributed by atoms with Crippen molar-refractivity contribution in [2.75, 3.05) is 5.32 Å². The zero-order chi connectivity index (χ0) is 14.1. The number of aryl methyl sites for hydroxylation is 1. The van der Waals surface area contributed by atoms with Crippen molar-refractivity contribution in [3.05, 3.63) is 16.1 Å². The van der Waals surface area contributed by atoms with Gasteiger partial charge in [-0.1, -0.05) is 6.42 Å². The monoisotopic (exact) mass is 309 g/mol. The van der Waals surface area contributed by atoms with E-state index in [4.69, 9.17) is 5.11 Å². The molecule has 3 rings (SSSR count). The lowest BCUT2D eigenvalue weighted by molar-refractivity contribution is -0.122. The summed E-state index contributed by atoms with van der Waals surface area (Å²) in [7, 11) is 0. The summed E-state index contributed by atoms with van der Waals surface area (Å²) in [6.07, 6.45) is 3.11. The molecule has 0 aromatic carbocycles. The van der Waals surface area contributed by atoms with Gasteiger partial charge in [-0.3, -0.25) is 4.79 Å². The Hall–Kier alpha value is -1.31. The van der Waals surface area contributed by atoms with Gasteiger partial charge in [0, 0.05) is 11.3 Å². The number of amides is 1. The number of aliphatic hydroxyl groups excluding tert-OH is 1. The van der Waals surface area contributed by atoms with Crippen molar-refractivity contribution in [2.45, 2.75) is 32.8 Å². The average molecular weight is 309 g/mol. The highest BCUT2D eigenvalue weighted by Crippen LogP contribution is 2.33. The second-order valence-electron chi connectivity index (χ2n) is 4.84. The van der Waals surface area contributed by atoms with Crippen LogP contribution in [0.1, 0.15) is 30.0 Å². The van der Waals surface area contributed by atoms with Crippen LogP contribution < -0.4 is 5.32 Å². The number of hydrogen-bond donors (Lipinski definition) is 2. The number of carbonyl (C=O) groups excluding carboxylic acids is 1. The zero-order valence-corrected chi connectivity index (χ0v) is 12.7. The molecule has 0 spiro atoms. The molecule has 1 fully saturated rings. The third-order valence-electron chi connectivity index (χ3n) is 3.42. The van der Waals surface area contributed by atoms with Crippen molar-refractivity contribution in [3.8, 4) is 10.6 Å². The van der Waals surface area contributed by atoms with Gasteiger partial charge in [0.1, 0.15) is 5.01 Å². The Labute approximate surface area is 124 Å². The number of nitrogens with one attached hydrogen (secondary N) is 1. The van der Waals surface area contributed by atoms with Crippen molar-refractivity contribution in [3.63, 3.8) is 0 Å². The highest BCUT2D eigenvalue weighted by atomic mass is 32.1. The van der Waals surface area contributed by atoms with Crippen LogP contribution in [0.5, 0.6) is 0 Å². The number of thiazole rings is 2. The summed E-state index contributed by atoms with van der Waals surface area (Å²) in [5.41, 5.74) is 1.68. The van der Waals surface area contributed by atoms with Crippen LogP contribution in [0.25, 0.3) is 10.6 Å². The minimum Gasteiger partial charge on any atom is -0.389 e. The first-order valence-electron chi connectivity index (χ1n) is 6.51. The molecule has 2 aromatic rings. The van der Waals surface area contributed by atoms with E-state index in [1.54, 1.807) is 0 Å². The van der Waals surface area contributed by atoms with Crippen LogP contribution in [0.4, 0.5) is 5.13 Å². The molecule has 20 heavy (non-hydrogen) atoms. The largest absolute Gasteiger partial charge is 0.389 e. The van der Waals surface area contributed by atoms with Crippen LogP contribution in [-0.4, -0.2) is 21.0 Å². The van der Waals surface area contributed by atoms with Crippen molar-refractivity contribution in [2.24, 2.45) is 5.92 Å². The number of carbonyl (C=O) groups is 1. The maximum absolute atomic E-state index is 11.9. The van der Waals surface area contributed by atoms with E-state index in [1.807, 2.05) is 12.3 Å². The minimum absolute atomic E-state index is 0.0546. The molecule has 0 radical (unpaired) electrons. The second kappa shape index (κ2) is 5.59. The van der Waals surface area contributed by atoms with Gasteiger partial charge in [0.25, 0.3) is 0 Å². The van der Waals surface area contributed by atoms with E-state index in [1.165, 1.54) is 22.7 Å². The van der Waals surface area contributed by atoms with Crippen LogP contribution >= 0.6 is 22.7 Å². The highest BCUT2D eigenvalue weighted by molar-refractivity contribution is 7.17. The summed E-state index contributed by atoms with van der Waals surface area (Å²) < 4.78 is 0. The van der Waals surface area contributed by atoms with Gasteiger partial charge in [-0.2, -0.15) is 0 Å². The Bertz CT molecular complexity index is 631. The average Bonchev–Trinajstić information content (AvgIpc) is 2.93. The number of nitrogens with zero attached hydrogens (tertiary/aromatic N) is 2. The zero-order valence-electron chi connectivity index (χ0n) is 11.0.